The van der Waals surface area contributed by atoms with Gasteiger partial charge in [0.05, 0.1) is 24.4 Å². The molecular formula is C20H17Br2NO4. The molecule has 1 amide bonds. The van der Waals surface area contributed by atoms with Crippen LogP contribution in [0.15, 0.2) is 57.5 Å². The molecule has 27 heavy (non-hydrogen) atoms. The molecule has 0 aromatic heterocycles. The van der Waals surface area contributed by atoms with Crippen molar-refractivity contribution in [3.8, 4) is 17.2 Å². The largest absolute Gasteiger partial charge is 0.497 e. The van der Waals surface area contributed by atoms with Crippen LogP contribution in [0.4, 0.5) is 5.69 Å². The third-order valence-electron chi connectivity index (χ3n) is 3.92. The number of hydrogen-bond acceptors (Lipinski definition) is 4. The Morgan fingerprint density at radius 1 is 0.963 bits per heavy atom. The molecule has 0 aliphatic rings. The van der Waals surface area contributed by atoms with Gasteiger partial charge in [0.25, 0.3) is 5.91 Å². The first-order valence-electron chi connectivity index (χ1n) is 8.04. The SMILES string of the molecule is COc1ccc(OC)c(NC(=O)COc2ccc3cc(Br)ccc3c2Br)c1. The third-order valence-corrected chi connectivity index (χ3v) is 5.23. The zero-order valence-electron chi connectivity index (χ0n) is 14.7. The van der Waals surface area contributed by atoms with Crippen molar-refractivity contribution in [3.05, 3.63) is 57.5 Å². The van der Waals surface area contributed by atoms with Crippen molar-refractivity contribution in [2.45, 2.75) is 0 Å². The molecule has 5 nitrogen and oxygen atoms in total. The van der Waals surface area contributed by atoms with Gasteiger partial charge in [-0.05, 0) is 57.0 Å². The summed E-state index contributed by atoms with van der Waals surface area (Å²) in [6, 6.07) is 14.9. The minimum Gasteiger partial charge on any atom is -0.497 e. The zero-order chi connectivity index (χ0) is 19.4. The van der Waals surface area contributed by atoms with Gasteiger partial charge in [-0.2, -0.15) is 0 Å². The van der Waals surface area contributed by atoms with Gasteiger partial charge in [-0.3, -0.25) is 4.79 Å². The van der Waals surface area contributed by atoms with Crippen LogP contribution in [0, 0.1) is 0 Å². The van der Waals surface area contributed by atoms with Gasteiger partial charge in [-0.15, -0.1) is 0 Å². The maximum Gasteiger partial charge on any atom is 0.262 e. The number of hydrogen-bond donors (Lipinski definition) is 1. The lowest BCUT2D eigenvalue weighted by molar-refractivity contribution is -0.118. The average Bonchev–Trinajstić information content (AvgIpc) is 2.67. The number of halogens is 2. The molecule has 0 heterocycles. The minimum atomic E-state index is -0.302. The predicted molar refractivity (Wildman–Crippen MR) is 113 cm³/mol. The van der Waals surface area contributed by atoms with E-state index in [2.05, 4.69) is 37.2 Å². The first kappa shape index (κ1) is 19.5. The van der Waals surface area contributed by atoms with Crippen LogP contribution in [0.5, 0.6) is 17.2 Å². The molecular weight excluding hydrogens is 478 g/mol. The predicted octanol–water partition coefficient (Wildman–Crippen LogP) is 5.40. The molecule has 0 spiro atoms. The average molecular weight is 495 g/mol. The highest BCUT2D eigenvalue weighted by Crippen LogP contribution is 2.34. The van der Waals surface area contributed by atoms with Crippen LogP contribution in [-0.2, 0) is 4.79 Å². The van der Waals surface area contributed by atoms with E-state index in [0.717, 1.165) is 19.7 Å². The monoisotopic (exact) mass is 493 g/mol. The quantitative estimate of drug-likeness (QED) is 0.498. The Morgan fingerprint density at radius 2 is 1.74 bits per heavy atom. The number of carbonyl (C=O) groups excluding carboxylic acids is 1. The van der Waals surface area contributed by atoms with Crippen molar-refractivity contribution in [2.24, 2.45) is 0 Å². The van der Waals surface area contributed by atoms with Crippen molar-refractivity contribution >= 4 is 54.2 Å². The Morgan fingerprint density at radius 3 is 2.48 bits per heavy atom. The summed E-state index contributed by atoms with van der Waals surface area (Å²) in [6.45, 7) is -0.138. The van der Waals surface area contributed by atoms with E-state index in [-0.39, 0.29) is 12.5 Å². The van der Waals surface area contributed by atoms with Gasteiger partial charge in [-0.25, -0.2) is 0 Å². The summed E-state index contributed by atoms with van der Waals surface area (Å²) in [4.78, 5) is 12.3. The molecule has 0 radical (unpaired) electrons. The second kappa shape index (κ2) is 8.63. The Kier molecular flexibility index (Phi) is 6.23. The number of nitrogens with one attached hydrogen (secondary N) is 1. The van der Waals surface area contributed by atoms with E-state index in [4.69, 9.17) is 14.2 Å². The van der Waals surface area contributed by atoms with Crippen molar-refractivity contribution < 1.29 is 19.0 Å². The van der Waals surface area contributed by atoms with E-state index >= 15 is 0 Å². The van der Waals surface area contributed by atoms with E-state index in [0.29, 0.717) is 22.9 Å². The zero-order valence-corrected chi connectivity index (χ0v) is 17.9. The van der Waals surface area contributed by atoms with E-state index in [1.54, 1.807) is 32.4 Å². The molecule has 7 heteroatoms. The van der Waals surface area contributed by atoms with Gasteiger partial charge in [-0.1, -0.05) is 28.1 Å². The lowest BCUT2D eigenvalue weighted by Gasteiger charge is -2.13. The molecule has 1 N–H and O–H groups in total. The molecule has 0 atom stereocenters. The van der Waals surface area contributed by atoms with Crippen LogP contribution in [0.25, 0.3) is 10.8 Å². The normalized spacial score (nSPS) is 10.5. The fourth-order valence-corrected chi connectivity index (χ4v) is 3.58. The van der Waals surface area contributed by atoms with Crippen molar-refractivity contribution in [1.82, 2.24) is 0 Å². The van der Waals surface area contributed by atoms with Crippen molar-refractivity contribution in [2.75, 3.05) is 26.1 Å². The lowest BCUT2D eigenvalue weighted by Crippen LogP contribution is -2.20. The van der Waals surface area contributed by atoms with Crippen molar-refractivity contribution in [3.63, 3.8) is 0 Å². The molecule has 0 unspecified atom stereocenters. The highest BCUT2D eigenvalue weighted by molar-refractivity contribution is 9.11. The number of anilines is 1. The summed E-state index contributed by atoms with van der Waals surface area (Å²) >= 11 is 7.02. The van der Waals surface area contributed by atoms with Gasteiger partial charge in [0.2, 0.25) is 0 Å². The maximum absolute atomic E-state index is 12.3. The Balaban J connectivity index is 1.72. The van der Waals surface area contributed by atoms with Crippen LogP contribution in [0.1, 0.15) is 0 Å². The van der Waals surface area contributed by atoms with Gasteiger partial charge in [0.1, 0.15) is 17.2 Å². The molecule has 140 valence electrons. The summed E-state index contributed by atoms with van der Waals surface area (Å²) in [5, 5.41) is 4.85. The molecule has 3 rings (SSSR count). The smallest absolute Gasteiger partial charge is 0.262 e. The third kappa shape index (κ3) is 4.54. The molecule has 0 bridgehead atoms. The molecule has 0 aliphatic carbocycles. The molecule has 0 saturated heterocycles. The Hall–Kier alpha value is -2.25. The number of fused-ring (bicyclic) bond motifs is 1. The molecule has 3 aromatic rings. The number of methoxy groups -OCH3 is 2. The van der Waals surface area contributed by atoms with Gasteiger partial charge in [0.15, 0.2) is 6.61 Å². The van der Waals surface area contributed by atoms with Crippen LogP contribution in [0.2, 0.25) is 0 Å². The summed E-state index contributed by atoms with van der Waals surface area (Å²) in [6.07, 6.45) is 0. The summed E-state index contributed by atoms with van der Waals surface area (Å²) in [5.41, 5.74) is 0.521. The summed E-state index contributed by atoms with van der Waals surface area (Å²) in [7, 11) is 3.10. The molecule has 0 saturated carbocycles. The van der Waals surface area contributed by atoms with Crippen LogP contribution in [-0.4, -0.2) is 26.7 Å². The van der Waals surface area contributed by atoms with Crippen molar-refractivity contribution in [1.29, 1.82) is 0 Å². The first-order chi connectivity index (χ1) is 13.0. The number of benzene rings is 3. The molecule has 3 aromatic carbocycles. The second-order valence-electron chi connectivity index (χ2n) is 5.65. The number of ether oxygens (including phenoxy) is 3. The molecule has 0 aliphatic heterocycles. The van der Waals surface area contributed by atoms with Crippen LogP contribution in [0.3, 0.4) is 0 Å². The minimum absolute atomic E-state index is 0.138. The first-order valence-corrected chi connectivity index (χ1v) is 9.63. The Bertz CT molecular complexity index is 991. The summed E-state index contributed by atoms with van der Waals surface area (Å²) < 4.78 is 17.9. The Labute approximate surface area is 173 Å². The van der Waals surface area contributed by atoms with Gasteiger partial charge >= 0.3 is 0 Å². The summed E-state index contributed by atoms with van der Waals surface area (Å²) in [5.74, 6) is 1.46. The highest BCUT2D eigenvalue weighted by Gasteiger charge is 2.12. The topological polar surface area (TPSA) is 56.8 Å². The van der Waals surface area contributed by atoms with Gasteiger partial charge < -0.3 is 19.5 Å². The fourth-order valence-electron chi connectivity index (χ4n) is 2.60. The van der Waals surface area contributed by atoms with E-state index < -0.39 is 0 Å². The van der Waals surface area contributed by atoms with E-state index in [9.17, 15) is 4.79 Å². The standard InChI is InChI=1S/C20H17Br2NO4/c1-25-14-5-8-17(26-2)16(10-14)23-19(24)11-27-18-7-3-12-9-13(21)4-6-15(12)20(18)22/h3-10H,11H2,1-2H3,(H,23,24). The number of rotatable bonds is 6. The number of carbonyl (C=O) groups is 1. The van der Waals surface area contributed by atoms with Gasteiger partial charge in [0, 0.05) is 10.5 Å². The van der Waals surface area contributed by atoms with E-state index in [1.165, 1.54) is 0 Å². The fraction of sp³-hybridized carbons (Fsp3) is 0.150. The van der Waals surface area contributed by atoms with E-state index in [1.807, 2.05) is 30.3 Å². The highest BCUT2D eigenvalue weighted by atomic mass is 79.9. The lowest BCUT2D eigenvalue weighted by atomic mass is 10.1. The number of amides is 1. The maximum atomic E-state index is 12.3. The van der Waals surface area contributed by atoms with Crippen LogP contribution < -0.4 is 19.5 Å². The molecule has 0 fully saturated rings. The second-order valence-corrected chi connectivity index (χ2v) is 7.35. The van der Waals surface area contributed by atoms with Crippen LogP contribution >= 0.6 is 31.9 Å².